The van der Waals surface area contributed by atoms with Crippen LogP contribution >= 0.6 is 24.4 Å². The molecule has 8 heteroatoms. The number of nitrogens with one attached hydrogen (secondary N) is 1. The minimum atomic E-state index is -0.458. The number of likely N-dealkylation sites (tertiary alicyclic amines) is 2. The van der Waals surface area contributed by atoms with Crippen molar-refractivity contribution in [2.24, 2.45) is 17.6 Å². The Hall–Kier alpha value is -1.15. The Balaban J connectivity index is 0.000000271. The third-order valence-electron chi connectivity index (χ3n) is 4.40. The zero-order valence-electron chi connectivity index (χ0n) is 15.6. The Labute approximate surface area is 162 Å². The van der Waals surface area contributed by atoms with Crippen molar-refractivity contribution in [3.63, 3.8) is 0 Å². The number of nitrogens with two attached hydrogens (primary N) is 1. The fraction of sp³-hybridized carbons (Fsp3) is 0.824. The van der Waals surface area contributed by atoms with Crippen molar-refractivity contribution in [3.8, 4) is 0 Å². The molecular weight excluding hydrogens is 356 g/mol. The molecule has 0 aliphatic carbocycles. The van der Waals surface area contributed by atoms with Crippen LogP contribution in [0.4, 0.5) is 4.79 Å². The standard InChI is InChI=1S/C10H18N2O2S.C7H14N2S/c1-3-14-10(13)11-9(15)12-6-4-5-8(2)7-12;1-6-3-2-4-9(5-6)7(8)10/h8H,3-7H2,1-2H3,(H,11,13,15);6H,2-5H2,1H3,(H2,8,10). The highest BCUT2D eigenvalue weighted by atomic mass is 32.1. The lowest BCUT2D eigenvalue weighted by molar-refractivity contribution is 0.156. The van der Waals surface area contributed by atoms with Crippen molar-refractivity contribution in [2.45, 2.75) is 46.5 Å². The van der Waals surface area contributed by atoms with E-state index in [0.717, 1.165) is 38.5 Å². The highest BCUT2D eigenvalue weighted by Gasteiger charge is 2.19. The minimum Gasteiger partial charge on any atom is -0.450 e. The number of carbonyl (C=O) groups excluding carboxylic acids is 1. The molecule has 1 amide bonds. The highest BCUT2D eigenvalue weighted by Crippen LogP contribution is 2.15. The molecule has 3 N–H and O–H groups in total. The number of nitrogens with zero attached hydrogens (tertiary/aromatic N) is 2. The number of alkyl carbamates (subject to hydrolysis) is 1. The molecule has 2 unspecified atom stereocenters. The van der Waals surface area contributed by atoms with Gasteiger partial charge in [0, 0.05) is 26.2 Å². The molecule has 2 aliphatic rings. The van der Waals surface area contributed by atoms with Gasteiger partial charge in [-0.3, -0.25) is 5.32 Å². The molecule has 0 saturated carbocycles. The Kier molecular flexibility index (Phi) is 10.0. The predicted octanol–water partition coefficient (Wildman–Crippen LogP) is 2.71. The summed E-state index contributed by atoms with van der Waals surface area (Å²) in [4.78, 5) is 15.2. The van der Waals surface area contributed by atoms with Crippen LogP contribution in [0, 0.1) is 11.8 Å². The van der Waals surface area contributed by atoms with E-state index in [1.165, 1.54) is 19.3 Å². The van der Waals surface area contributed by atoms with E-state index in [1.54, 1.807) is 6.92 Å². The van der Waals surface area contributed by atoms with E-state index in [-0.39, 0.29) is 0 Å². The van der Waals surface area contributed by atoms with E-state index >= 15 is 0 Å². The second-order valence-electron chi connectivity index (χ2n) is 6.88. The molecule has 2 rings (SSSR count). The number of rotatable bonds is 1. The van der Waals surface area contributed by atoms with E-state index < -0.39 is 6.09 Å². The van der Waals surface area contributed by atoms with Crippen LogP contribution in [-0.4, -0.2) is 58.9 Å². The smallest absolute Gasteiger partial charge is 0.413 e. The summed E-state index contributed by atoms with van der Waals surface area (Å²) in [6, 6.07) is 0. The topological polar surface area (TPSA) is 70.8 Å². The van der Waals surface area contributed by atoms with Crippen LogP contribution in [0.5, 0.6) is 0 Å². The molecular formula is C17H32N4O2S2. The zero-order valence-corrected chi connectivity index (χ0v) is 17.3. The van der Waals surface area contributed by atoms with Gasteiger partial charge in [-0.05, 0) is 68.9 Å². The lowest BCUT2D eigenvalue weighted by Crippen LogP contribution is -2.46. The molecule has 0 radical (unpaired) electrons. The first kappa shape index (κ1) is 21.9. The lowest BCUT2D eigenvalue weighted by Gasteiger charge is -2.32. The quantitative estimate of drug-likeness (QED) is 0.669. The van der Waals surface area contributed by atoms with Crippen molar-refractivity contribution in [3.05, 3.63) is 0 Å². The number of piperidine rings is 2. The van der Waals surface area contributed by atoms with Crippen molar-refractivity contribution in [1.29, 1.82) is 0 Å². The second kappa shape index (κ2) is 11.5. The largest absolute Gasteiger partial charge is 0.450 e. The summed E-state index contributed by atoms with van der Waals surface area (Å²) < 4.78 is 4.77. The van der Waals surface area contributed by atoms with Gasteiger partial charge in [0.2, 0.25) is 0 Å². The van der Waals surface area contributed by atoms with Crippen LogP contribution in [0.2, 0.25) is 0 Å². The minimum absolute atomic E-state index is 0.366. The van der Waals surface area contributed by atoms with Crippen molar-refractivity contribution >= 4 is 40.8 Å². The third kappa shape index (κ3) is 8.67. The fourth-order valence-corrected chi connectivity index (χ4v) is 3.51. The average Bonchev–Trinajstić information content (AvgIpc) is 2.55. The van der Waals surface area contributed by atoms with Gasteiger partial charge >= 0.3 is 6.09 Å². The SMILES string of the molecule is CC1CCCN(C(N)=S)C1.CCOC(=O)NC(=S)N1CCCC(C)C1. The first-order valence-electron chi connectivity index (χ1n) is 9.10. The van der Waals surface area contributed by atoms with Gasteiger partial charge in [0.05, 0.1) is 6.61 Å². The van der Waals surface area contributed by atoms with Crippen LogP contribution in [0.15, 0.2) is 0 Å². The Bertz CT molecular complexity index is 462. The molecule has 2 aliphatic heterocycles. The van der Waals surface area contributed by atoms with E-state index in [1.807, 2.05) is 4.90 Å². The van der Waals surface area contributed by atoms with Crippen LogP contribution < -0.4 is 11.1 Å². The summed E-state index contributed by atoms with van der Waals surface area (Å²) in [6.45, 7) is 10.5. The lowest BCUT2D eigenvalue weighted by atomic mass is 10.0. The summed E-state index contributed by atoms with van der Waals surface area (Å²) in [6.07, 6.45) is 4.46. The second-order valence-corrected chi connectivity index (χ2v) is 7.68. The number of hydrogen-bond acceptors (Lipinski definition) is 4. The summed E-state index contributed by atoms with van der Waals surface area (Å²) in [5, 5.41) is 3.62. The molecule has 0 bridgehead atoms. The number of ether oxygens (including phenoxy) is 1. The van der Waals surface area contributed by atoms with Gasteiger partial charge in [-0.15, -0.1) is 0 Å². The van der Waals surface area contributed by atoms with Crippen LogP contribution in [0.3, 0.4) is 0 Å². The molecule has 2 heterocycles. The van der Waals surface area contributed by atoms with E-state index in [9.17, 15) is 4.79 Å². The first-order chi connectivity index (χ1) is 11.8. The van der Waals surface area contributed by atoms with Gasteiger partial charge < -0.3 is 20.3 Å². The van der Waals surface area contributed by atoms with Gasteiger partial charge in [-0.25, -0.2) is 4.79 Å². The normalized spacial score (nSPS) is 23.2. The molecule has 144 valence electrons. The highest BCUT2D eigenvalue weighted by molar-refractivity contribution is 7.80. The maximum atomic E-state index is 11.1. The molecule has 0 aromatic heterocycles. The van der Waals surface area contributed by atoms with Gasteiger partial charge in [0.15, 0.2) is 10.2 Å². The Morgan fingerprint density at radius 2 is 1.64 bits per heavy atom. The number of hydrogen-bond donors (Lipinski definition) is 2. The summed E-state index contributed by atoms with van der Waals surface area (Å²) in [5.74, 6) is 1.40. The number of thiocarbonyl (C=S) groups is 2. The van der Waals surface area contributed by atoms with Crippen molar-refractivity contribution < 1.29 is 9.53 Å². The molecule has 0 aromatic rings. The van der Waals surface area contributed by atoms with E-state index in [2.05, 4.69) is 24.1 Å². The van der Waals surface area contributed by atoms with Crippen LogP contribution in [0.25, 0.3) is 0 Å². The monoisotopic (exact) mass is 388 g/mol. The van der Waals surface area contributed by atoms with E-state index in [4.69, 9.17) is 34.9 Å². The molecule has 2 fully saturated rings. The molecule has 6 nitrogen and oxygen atoms in total. The first-order valence-corrected chi connectivity index (χ1v) is 9.92. The van der Waals surface area contributed by atoms with Crippen molar-refractivity contribution in [1.82, 2.24) is 15.1 Å². The average molecular weight is 389 g/mol. The molecule has 0 aromatic carbocycles. The molecule has 2 saturated heterocycles. The fourth-order valence-electron chi connectivity index (χ4n) is 3.10. The maximum Gasteiger partial charge on any atom is 0.413 e. The maximum absolute atomic E-state index is 11.1. The van der Waals surface area contributed by atoms with Crippen LogP contribution in [0.1, 0.15) is 46.5 Å². The summed E-state index contributed by atoms with van der Waals surface area (Å²) >= 11 is 10.0. The molecule has 2 atom stereocenters. The predicted molar refractivity (Wildman–Crippen MR) is 109 cm³/mol. The van der Waals surface area contributed by atoms with Gasteiger partial charge in [0.25, 0.3) is 0 Å². The Morgan fingerprint density at radius 3 is 2.08 bits per heavy atom. The van der Waals surface area contributed by atoms with Crippen molar-refractivity contribution in [2.75, 3.05) is 32.8 Å². The van der Waals surface area contributed by atoms with Crippen LogP contribution in [-0.2, 0) is 4.74 Å². The molecule has 0 spiro atoms. The zero-order chi connectivity index (χ0) is 18.8. The van der Waals surface area contributed by atoms with Gasteiger partial charge in [-0.1, -0.05) is 13.8 Å². The molecule has 25 heavy (non-hydrogen) atoms. The van der Waals surface area contributed by atoms with Gasteiger partial charge in [0.1, 0.15) is 0 Å². The number of amides is 1. The Morgan fingerprint density at radius 1 is 1.12 bits per heavy atom. The van der Waals surface area contributed by atoms with Gasteiger partial charge in [-0.2, -0.15) is 0 Å². The summed E-state index contributed by atoms with van der Waals surface area (Å²) in [7, 11) is 0. The summed E-state index contributed by atoms with van der Waals surface area (Å²) in [5.41, 5.74) is 5.49. The number of carbonyl (C=O) groups is 1. The van der Waals surface area contributed by atoms with E-state index in [0.29, 0.717) is 22.7 Å². The third-order valence-corrected chi connectivity index (χ3v) is 5.02.